The molecule has 0 unspecified atom stereocenters. The Labute approximate surface area is 86.9 Å². The Morgan fingerprint density at radius 1 is 1.40 bits per heavy atom. The molecule has 0 aromatic carbocycles. The van der Waals surface area contributed by atoms with Gasteiger partial charge in [0.05, 0.1) is 19.8 Å². The normalized spacial score (nSPS) is 12.7. The van der Waals surface area contributed by atoms with Gasteiger partial charge in [-0.1, -0.05) is 6.92 Å². The quantitative estimate of drug-likeness (QED) is 0.442. The van der Waals surface area contributed by atoms with Gasteiger partial charge in [0.25, 0.3) is 0 Å². The molecule has 7 nitrogen and oxygen atoms in total. The lowest BCUT2D eigenvalue weighted by Crippen LogP contribution is -2.46. The second-order valence-corrected chi connectivity index (χ2v) is 2.74. The van der Waals surface area contributed by atoms with Gasteiger partial charge < -0.3 is 20.1 Å². The van der Waals surface area contributed by atoms with Crippen LogP contribution in [0.3, 0.4) is 0 Å². The maximum absolute atomic E-state index is 10.7. The second kappa shape index (κ2) is 7.16. The number of likely N-dealkylation sites (N-methyl/N-ethyl adjacent to an activating group) is 1. The van der Waals surface area contributed by atoms with E-state index in [9.17, 15) is 9.59 Å². The predicted molar refractivity (Wildman–Crippen MR) is 49.3 cm³/mol. The van der Waals surface area contributed by atoms with Crippen LogP contribution in [0.5, 0.6) is 0 Å². The molecule has 88 valence electrons. The number of aliphatic hydroxyl groups excluding tert-OH is 1. The number of nitrogens with zero attached hydrogens (tertiary/aromatic N) is 1. The third kappa shape index (κ3) is 5.31. The van der Waals surface area contributed by atoms with Gasteiger partial charge in [-0.25, -0.2) is 4.79 Å². The van der Waals surface area contributed by atoms with Crippen LogP contribution in [0.1, 0.15) is 6.92 Å². The Kier molecular flexibility index (Phi) is 6.59. The third-order valence-electron chi connectivity index (χ3n) is 1.65. The maximum Gasteiger partial charge on any atom is 0.348 e. The van der Waals surface area contributed by atoms with Gasteiger partial charge in [-0.3, -0.25) is 9.69 Å². The zero-order chi connectivity index (χ0) is 11.8. The first-order valence-corrected chi connectivity index (χ1v) is 4.44. The molecule has 15 heavy (non-hydrogen) atoms. The van der Waals surface area contributed by atoms with Crippen molar-refractivity contribution < 1.29 is 29.6 Å². The molecule has 1 atom stereocenters. The summed E-state index contributed by atoms with van der Waals surface area (Å²) in [4.78, 5) is 22.3. The molecule has 0 saturated carbocycles. The van der Waals surface area contributed by atoms with Crippen molar-refractivity contribution in [3.05, 3.63) is 0 Å². The summed E-state index contributed by atoms with van der Waals surface area (Å²) in [6, 6.07) is 0. The van der Waals surface area contributed by atoms with Crippen molar-refractivity contribution in [3.8, 4) is 0 Å². The van der Waals surface area contributed by atoms with Crippen molar-refractivity contribution in [2.24, 2.45) is 0 Å². The molecule has 3 N–H and O–H groups in total. The van der Waals surface area contributed by atoms with Gasteiger partial charge in [-0.2, -0.15) is 0 Å². The minimum atomic E-state index is -1.33. The number of aliphatic hydroxyl groups is 1. The first-order chi connectivity index (χ1) is 7.02. The van der Waals surface area contributed by atoms with Crippen molar-refractivity contribution in [2.45, 2.75) is 13.2 Å². The van der Waals surface area contributed by atoms with E-state index in [1.165, 1.54) is 0 Å². The van der Waals surface area contributed by atoms with Crippen LogP contribution in [0.2, 0.25) is 0 Å². The molecule has 0 heterocycles. The molecule has 0 aromatic heterocycles. The van der Waals surface area contributed by atoms with Crippen LogP contribution in [0.4, 0.5) is 0 Å². The minimum Gasteiger partial charge on any atom is -0.480 e. The smallest absolute Gasteiger partial charge is 0.348 e. The Hall–Kier alpha value is -1.18. The van der Waals surface area contributed by atoms with E-state index in [1.807, 2.05) is 0 Å². The molecule has 0 aliphatic rings. The van der Waals surface area contributed by atoms with Crippen LogP contribution >= 0.6 is 0 Å². The Morgan fingerprint density at radius 3 is 2.33 bits per heavy atom. The van der Waals surface area contributed by atoms with Crippen LogP contribution in [-0.2, 0) is 14.3 Å². The van der Waals surface area contributed by atoms with E-state index in [0.29, 0.717) is 0 Å². The van der Waals surface area contributed by atoms with Crippen LogP contribution in [-0.4, -0.2) is 64.7 Å². The summed E-state index contributed by atoms with van der Waals surface area (Å²) < 4.78 is 4.82. The van der Waals surface area contributed by atoms with Crippen molar-refractivity contribution >= 4 is 11.9 Å². The van der Waals surface area contributed by atoms with Crippen molar-refractivity contribution in [3.63, 3.8) is 0 Å². The Balaban J connectivity index is 4.40. The number of carboxylic acids is 2. The Bertz CT molecular complexity index is 219. The number of carbonyl (C=O) groups is 2. The molecular formula is C8H15NO6. The van der Waals surface area contributed by atoms with Crippen molar-refractivity contribution in [1.82, 2.24) is 4.90 Å². The fourth-order valence-electron chi connectivity index (χ4n) is 1.03. The van der Waals surface area contributed by atoms with Crippen LogP contribution in [0.15, 0.2) is 0 Å². The highest BCUT2D eigenvalue weighted by Gasteiger charge is 2.26. The van der Waals surface area contributed by atoms with Crippen molar-refractivity contribution in [2.75, 3.05) is 26.3 Å². The van der Waals surface area contributed by atoms with E-state index in [-0.39, 0.29) is 19.8 Å². The summed E-state index contributed by atoms with van der Waals surface area (Å²) >= 11 is 0. The minimum absolute atomic E-state index is 0.146. The highest BCUT2D eigenvalue weighted by molar-refractivity contribution is 5.74. The van der Waals surface area contributed by atoms with E-state index < -0.39 is 24.7 Å². The van der Waals surface area contributed by atoms with E-state index >= 15 is 0 Å². The third-order valence-corrected chi connectivity index (χ3v) is 1.65. The number of ether oxygens (including phenoxy) is 1. The average Bonchev–Trinajstić information content (AvgIpc) is 2.15. The molecule has 0 spiro atoms. The van der Waals surface area contributed by atoms with Gasteiger partial charge >= 0.3 is 11.9 Å². The molecule has 0 rings (SSSR count). The molecule has 0 aliphatic heterocycles. The first-order valence-electron chi connectivity index (χ1n) is 4.44. The van der Waals surface area contributed by atoms with Crippen molar-refractivity contribution in [1.29, 1.82) is 0 Å². The number of hydrogen-bond acceptors (Lipinski definition) is 5. The summed E-state index contributed by atoms with van der Waals surface area (Å²) in [5, 5.41) is 25.8. The van der Waals surface area contributed by atoms with Gasteiger partial charge in [-0.05, 0) is 6.54 Å². The lowest BCUT2D eigenvalue weighted by Gasteiger charge is -2.25. The SMILES string of the molecule is CCN(CC(=O)O)[C@@H](OCCO)C(=O)O. The van der Waals surface area contributed by atoms with E-state index in [0.717, 1.165) is 4.90 Å². The molecule has 0 bridgehead atoms. The molecule has 7 heteroatoms. The summed E-state index contributed by atoms with van der Waals surface area (Å²) in [5.74, 6) is -2.40. The first kappa shape index (κ1) is 13.8. The summed E-state index contributed by atoms with van der Waals surface area (Å²) in [6.07, 6.45) is -1.33. The number of carboxylic acid groups (broad SMARTS) is 2. The molecule has 0 radical (unpaired) electrons. The molecule has 0 amide bonds. The standard InChI is InChI=1S/C8H15NO6/c1-2-9(5-6(11)12)7(8(13)14)15-4-3-10/h7,10H,2-5H2,1H3,(H,11,12)(H,13,14)/t7-/m0/s1. The zero-order valence-electron chi connectivity index (χ0n) is 8.42. The predicted octanol–water partition coefficient (Wildman–Crippen LogP) is -1.19. The molecule has 0 saturated heterocycles. The second-order valence-electron chi connectivity index (χ2n) is 2.74. The van der Waals surface area contributed by atoms with Gasteiger partial charge in [0.2, 0.25) is 6.23 Å². The highest BCUT2D eigenvalue weighted by Crippen LogP contribution is 2.01. The molecule has 0 aliphatic carbocycles. The number of aliphatic carboxylic acids is 2. The summed E-state index contributed by atoms with van der Waals surface area (Å²) in [7, 11) is 0. The van der Waals surface area contributed by atoms with Gasteiger partial charge in [-0.15, -0.1) is 0 Å². The fourth-order valence-corrected chi connectivity index (χ4v) is 1.03. The zero-order valence-corrected chi connectivity index (χ0v) is 8.42. The number of rotatable bonds is 8. The van der Waals surface area contributed by atoms with Crippen LogP contribution < -0.4 is 0 Å². The Morgan fingerprint density at radius 2 is 2.00 bits per heavy atom. The topological polar surface area (TPSA) is 107 Å². The van der Waals surface area contributed by atoms with E-state index in [2.05, 4.69) is 0 Å². The fraction of sp³-hybridized carbons (Fsp3) is 0.750. The largest absolute Gasteiger partial charge is 0.480 e. The molecular weight excluding hydrogens is 206 g/mol. The molecule has 0 aromatic rings. The van der Waals surface area contributed by atoms with E-state index in [4.69, 9.17) is 20.1 Å². The van der Waals surface area contributed by atoms with Gasteiger partial charge in [0, 0.05) is 0 Å². The van der Waals surface area contributed by atoms with Crippen LogP contribution in [0.25, 0.3) is 0 Å². The van der Waals surface area contributed by atoms with Gasteiger partial charge in [0.1, 0.15) is 0 Å². The lowest BCUT2D eigenvalue weighted by atomic mass is 10.4. The average molecular weight is 221 g/mol. The number of hydrogen-bond donors (Lipinski definition) is 3. The molecule has 0 fully saturated rings. The summed E-state index contributed by atoms with van der Waals surface area (Å²) in [6.45, 7) is 0.982. The van der Waals surface area contributed by atoms with Crippen LogP contribution in [0, 0.1) is 0 Å². The van der Waals surface area contributed by atoms with E-state index in [1.54, 1.807) is 6.92 Å². The van der Waals surface area contributed by atoms with Gasteiger partial charge in [0.15, 0.2) is 0 Å². The highest BCUT2D eigenvalue weighted by atomic mass is 16.5. The lowest BCUT2D eigenvalue weighted by molar-refractivity contribution is -0.168. The maximum atomic E-state index is 10.7. The monoisotopic (exact) mass is 221 g/mol. The summed E-state index contributed by atoms with van der Waals surface area (Å²) in [5.41, 5.74) is 0.